The number of benzene rings is 1. The highest BCUT2D eigenvalue weighted by molar-refractivity contribution is 6.04. The summed E-state index contributed by atoms with van der Waals surface area (Å²) in [6, 6.07) is 7.24. The van der Waals surface area contributed by atoms with Gasteiger partial charge in [-0.1, -0.05) is 12.1 Å². The van der Waals surface area contributed by atoms with E-state index in [0.29, 0.717) is 45.1 Å². The molecule has 9 heteroatoms. The van der Waals surface area contributed by atoms with Crippen LogP contribution < -0.4 is 10.2 Å². The maximum absolute atomic E-state index is 13.2. The molecule has 3 aliphatic heterocycles. The van der Waals surface area contributed by atoms with E-state index in [2.05, 4.69) is 15.1 Å². The molecule has 0 radical (unpaired) electrons. The van der Waals surface area contributed by atoms with Crippen molar-refractivity contribution in [3.05, 3.63) is 24.3 Å². The lowest BCUT2D eigenvalue weighted by Crippen LogP contribution is -2.53. The number of carbonyl (C=O) groups is 3. The predicted octanol–water partition coefficient (Wildman–Crippen LogP) is 0.227. The maximum atomic E-state index is 13.2. The molecule has 2 fully saturated rings. The van der Waals surface area contributed by atoms with E-state index in [-0.39, 0.29) is 30.2 Å². The van der Waals surface area contributed by atoms with Gasteiger partial charge in [0, 0.05) is 51.7 Å². The number of nitrogens with zero attached hydrogens (tertiary/aromatic N) is 4. The van der Waals surface area contributed by atoms with Gasteiger partial charge >= 0.3 is 0 Å². The number of ether oxygens (including phenoxy) is 1. The van der Waals surface area contributed by atoms with Crippen molar-refractivity contribution >= 4 is 29.1 Å². The van der Waals surface area contributed by atoms with E-state index in [9.17, 15) is 14.4 Å². The van der Waals surface area contributed by atoms with E-state index >= 15 is 0 Å². The van der Waals surface area contributed by atoms with Crippen molar-refractivity contribution in [1.82, 2.24) is 14.7 Å². The Hall–Kier alpha value is -2.49. The van der Waals surface area contributed by atoms with E-state index < -0.39 is 0 Å². The highest BCUT2D eigenvalue weighted by Crippen LogP contribution is 2.31. The molecule has 31 heavy (non-hydrogen) atoms. The molecule has 0 aliphatic carbocycles. The number of para-hydroxylation sites is 2. The predicted molar refractivity (Wildman–Crippen MR) is 117 cm³/mol. The molecule has 0 unspecified atom stereocenters. The second-order valence-electron chi connectivity index (χ2n) is 8.43. The molecular weight excluding hydrogens is 398 g/mol. The van der Waals surface area contributed by atoms with Gasteiger partial charge in [-0.15, -0.1) is 0 Å². The second-order valence-corrected chi connectivity index (χ2v) is 8.43. The fraction of sp³-hybridized carbons (Fsp3) is 0.591. The highest BCUT2D eigenvalue weighted by atomic mass is 16.5. The third-order valence-electron chi connectivity index (χ3n) is 6.17. The first-order chi connectivity index (χ1) is 15.0. The van der Waals surface area contributed by atoms with Crippen LogP contribution in [0.2, 0.25) is 0 Å². The van der Waals surface area contributed by atoms with Crippen LogP contribution in [-0.4, -0.2) is 104 Å². The fourth-order valence-corrected chi connectivity index (χ4v) is 4.44. The van der Waals surface area contributed by atoms with Gasteiger partial charge in [-0.3, -0.25) is 24.2 Å². The molecule has 0 spiro atoms. The van der Waals surface area contributed by atoms with Gasteiger partial charge in [-0.25, -0.2) is 0 Å². The van der Waals surface area contributed by atoms with Crippen LogP contribution in [0.5, 0.6) is 0 Å². The van der Waals surface area contributed by atoms with Gasteiger partial charge in [0.2, 0.25) is 17.7 Å². The smallest absolute Gasteiger partial charge is 0.241 e. The number of rotatable bonds is 4. The second kappa shape index (κ2) is 9.76. The Balaban J connectivity index is 1.31. The zero-order valence-corrected chi connectivity index (χ0v) is 18.1. The summed E-state index contributed by atoms with van der Waals surface area (Å²) in [5.41, 5.74) is 1.43. The molecule has 2 saturated heterocycles. The number of anilines is 2. The quantitative estimate of drug-likeness (QED) is 0.738. The third-order valence-corrected chi connectivity index (χ3v) is 6.17. The number of amides is 3. The summed E-state index contributed by atoms with van der Waals surface area (Å²) in [7, 11) is 0. The number of hydrogen-bond acceptors (Lipinski definition) is 6. The van der Waals surface area contributed by atoms with Gasteiger partial charge in [0.05, 0.1) is 37.7 Å². The summed E-state index contributed by atoms with van der Waals surface area (Å²) in [6.07, 6.45) is 0.276. The maximum Gasteiger partial charge on any atom is 0.241 e. The molecule has 0 saturated carbocycles. The Bertz CT molecular complexity index is 818. The number of fused-ring (bicyclic) bond motifs is 1. The highest BCUT2D eigenvalue weighted by Gasteiger charge is 2.31. The van der Waals surface area contributed by atoms with Crippen LogP contribution in [-0.2, 0) is 19.1 Å². The van der Waals surface area contributed by atoms with Crippen molar-refractivity contribution in [2.45, 2.75) is 19.4 Å². The Kier molecular flexibility index (Phi) is 6.84. The topological polar surface area (TPSA) is 85.4 Å². The largest absolute Gasteiger partial charge is 0.378 e. The Morgan fingerprint density at radius 1 is 0.968 bits per heavy atom. The molecule has 1 atom stereocenters. The molecule has 1 N–H and O–H groups in total. The molecule has 4 rings (SSSR count). The van der Waals surface area contributed by atoms with Crippen LogP contribution in [0.3, 0.4) is 0 Å². The fourth-order valence-electron chi connectivity index (χ4n) is 4.44. The molecule has 9 nitrogen and oxygen atoms in total. The Morgan fingerprint density at radius 3 is 2.26 bits per heavy atom. The monoisotopic (exact) mass is 429 g/mol. The first-order valence-corrected chi connectivity index (χ1v) is 11.0. The van der Waals surface area contributed by atoms with Crippen molar-refractivity contribution < 1.29 is 19.1 Å². The van der Waals surface area contributed by atoms with Crippen LogP contribution >= 0.6 is 0 Å². The molecule has 3 amide bonds. The molecule has 168 valence electrons. The number of nitrogens with one attached hydrogen (secondary N) is 1. The summed E-state index contributed by atoms with van der Waals surface area (Å²) < 4.78 is 5.31. The number of morpholine rings is 1. The molecule has 1 aromatic rings. The van der Waals surface area contributed by atoms with E-state index in [1.165, 1.54) is 0 Å². The summed E-state index contributed by atoms with van der Waals surface area (Å²) >= 11 is 0. The lowest BCUT2D eigenvalue weighted by Gasteiger charge is -2.37. The van der Waals surface area contributed by atoms with Gasteiger partial charge in [0.25, 0.3) is 0 Å². The SMILES string of the molecule is C[C@@H]1CC(=O)Nc2ccccc2N1C(=O)CN1CCN(CC(=O)N2CCOCC2)CC1. The average molecular weight is 430 g/mol. The summed E-state index contributed by atoms with van der Waals surface area (Å²) in [6.45, 7) is 8.19. The number of hydrogen-bond donors (Lipinski definition) is 1. The number of carbonyl (C=O) groups excluding carboxylic acids is 3. The molecule has 3 heterocycles. The van der Waals surface area contributed by atoms with Crippen molar-refractivity contribution in [2.24, 2.45) is 0 Å². The minimum Gasteiger partial charge on any atom is -0.378 e. The minimum absolute atomic E-state index is 0.00528. The van der Waals surface area contributed by atoms with E-state index in [1.807, 2.05) is 36.1 Å². The van der Waals surface area contributed by atoms with Crippen LogP contribution in [0.25, 0.3) is 0 Å². The van der Waals surface area contributed by atoms with Gasteiger partial charge in [-0.2, -0.15) is 0 Å². The summed E-state index contributed by atoms with van der Waals surface area (Å²) in [4.78, 5) is 45.7. The zero-order valence-electron chi connectivity index (χ0n) is 18.1. The Labute approximate surface area is 182 Å². The Morgan fingerprint density at radius 2 is 1.58 bits per heavy atom. The molecule has 3 aliphatic rings. The van der Waals surface area contributed by atoms with Crippen LogP contribution in [0.4, 0.5) is 11.4 Å². The van der Waals surface area contributed by atoms with Crippen molar-refractivity contribution in [3.8, 4) is 0 Å². The molecule has 0 aromatic heterocycles. The lowest BCUT2D eigenvalue weighted by molar-refractivity contribution is -0.137. The van der Waals surface area contributed by atoms with Crippen molar-refractivity contribution in [3.63, 3.8) is 0 Å². The normalized spacial score (nSPS) is 23.1. The third kappa shape index (κ3) is 5.23. The van der Waals surface area contributed by atoms with Crippen LogP contribution in [0.1, 0.15) is 13.3 Å². The van der Waals surface area contributed by atoms with Gasteiger partial charge in [0.15, 0.2) is 0 Å². The van der Waals surface area contributed by atoms with Crippen molar-refractivity contribution in [1.29, 1.82) is 0 Å². The van der Waals surface area contributed by atoms with E-state index in [1.54, 1.807) is 4.90 Å². The minimum atomic E-state index is -0.205. The zero-order chi connectivity index (χ0) is 21.8. The first kappa shape index (κ1) is 21.7. The average Bonchev–Trinajstić information content (AvgIpc) is 2.89. The van der Waals surface area contributed by atoms with Crippen LogP contribution in [0.15, 0.2) is 24.3 Å². The van der Waals surface area contributed by atoms with Crippen molar-refractivity contribution in [2.75, 3.05) is 75.8 Å². The van der Waals surface area contributed by atoms with E-state index in [0.717, 1.165) is 31.9 Å². The number of piperazine rings is 1. The molecular formula is C22H31N5O4. The van der Waals surface area contributed by atoms with Gasteiger partial charge < -0.3 is 19.9 Å². The standard InChI is InChI=1S/C22H31N5O4/c1-17-14-20(28)23-18-4-2-3-5-19(18)27(17)22(30)16-25-8-6-24(7-9-25)15-21(29)26-10-12-31-13-11-26/h2-5,17H,6-16H2,1H3,(H,23,28)/t17-/m1/s1. The molecule has 0 bridgehead atoms. The van der Waals surface area contributed by atoms with Gasteiger partial charge in [-0.05, 0) is 19.1 Å². The van der Waals surface area contributed by atoms with Crippen LogP contribution in [0, 0.1) is 0 Å². The first-order valence-electron chi connectivity index (χ1n) is 11.0. The summed E-state index contributed by atoms with van der Waals surface area (Å²) in [5.74, 6) is 0.0723. The lowest BCUT2D eigenvalue weighted by atomic mass is 10.1. The van der Waals surface area contributed by atoms with Gasteiger partial charge in [0.1, 0.15) is 0 Å². The van der Waals surface area contributed by atoms with E-state index in [4.69, 9.17) is 4.74 Å². The molecule has 1 aromatic carbocycles. The summed E-state index contributed by atoms with van der Waals surface area (Å²) in [5, 5.41) is 2.90.